The van der Waals surface area contributed by atoms with Crippen LogP contribution in [0.4, 0.5) is 5.82 Å². The molecule has 2 aromatic carbocycles. The zero-order valence-corrected chi connectivity index (χ0v) is 25.2. The molecule has 5 atom stereocenters. The Balaban J connectivity index is 1.31. The first-order chi connectivity index (χ1) is 22.6. The molecule has 2 aliphatic rings. The van der Waals surface area contributed by atoms with Gasteiger partial charge in [-0.15, -0.1) is 0 Å². The number of aromatic hydroxyl groups is 1. The molecular weight excluding hydrogens is 616 g/mol. The van der Waals surface area contributed by atoms with Crippen molar-refractivity contribution in [3.05, 3.63) is 64.4 Å². The third-order valence-corrected chi connectivity index (χ3v) is 8.35. The lowest BCUT2D eigenvalue weighted by molar-refractivity contribution is -0.271. The average Bonchev–Trinajstić information content (AvgIpc) is 3.47. The van der Waals surface area contributed by atoms with Gasteiger partial charge in [0.15, 0.2) is 23.0 Å². The summed E-state index contributed by atoms with van der Waals surface area (Å²) in [5, 5.41) is 51.6. The number of H-pyrrole nitrogens is 1. The molecule has 0 radical (unpaired) electrons. The Bertz CT molecular complexity index is 1780. The van der Waals surface area contributed by atoms with Crippen molar-refractivity contribution < 1.29 is 53.7 Å². The summed E-state index contributed by atoms with van der Waals surface area (Å²) >= 11 is 0. The standard InChI is InChI=1S/C33H36N2O12/c34-24-11-8-17(35-24)12-13-43-18-9-6-16(7-10-18)21-14-20(36)25-22(45-21)15-23(30(26(25)37)44-19-4-2-1-3-5-19)46-33-29(40)27(38)28(39)31(47-33)32(41)42/h6-11,14-15,19,27-29,31,33,35,37-40H,1-5,12-13,34H2,(H,41,42). The lowest BCUT2D eigenvalue weighted by atomic mass is 9.97. The number of phenols is 1. The van der Waals surface area contributed by atoms with Gasteiger partial charge in [-0.2, -0.15) is 0 Å². The topological polar surface area (TPSA) is 227 Å². The number of aromatic amines is 1. The number of aliphatic carboxylic acids is 1. The molecule has 3 heterocycles. The number of aromatic nitrogens is 1. The van der Waals surface area contributed by atoms with Gasteiger partial charge in [-0.1, -0.05) is 6.42 Å². The van der Waals surface area contributed by atoms with Crippen LogP contribution in [0.15, 0.2) is 57.7 Å². The minimum atomic E-state index is -1.93. The van der Waals surface area contributed by atoms with Gasteiger partial charge in [0, 0.05) is 29.8 Å². The summed E-state index contributed by atoms with van der Waals surface area (Å²) in [4.78, 5) is 28.1. The molecule has 8 N–H and O–H groups in total. The van der Waals surface area contributed by atoms with Crippen molar-refractivity contribution in [3.8, 4) is 34.3 Å². The quantitative estimate of drug-likeness (QED) is 0.131. The zero-order valence-electron chi connectivity index (χ0n) is 25.2. The second kappa shape index (κ2) is 13.5. The van der Waals surface area contributed by atoms with Crippen LogP contribution >= 0.6 is 0 Å². The number of phenolic OH excluding ortho intramolecular Hbond substituents is 1. The molecule has 1 saturated carbocycles. The number of hydrogen-bond acceptors (Lipinski definition) is 12. The van der Waals surface area contributed by atoms with Gasteiger partial charge in [-0.25, -0.2) is 4.79 Å². The Kier molecular flexibility index (Phi) is 9.27. The summed E-state index contributed by atoms with van der Waals surface area (Å²) < 4.78 is 29.1. The van der Waals surface area contributed by atoms with E-state index in [9.17, 15) is 35.1 Å². The van der Waals surface area contributed by atoms with Crippen molar-refractivity contribution in [3.63, 3.8) is 0 Å². The third-order valence-electron chi connectivity index (χ3n) is 8.35. The molecule has 47 heavy (non-hydrogen) atoms. The maximum Gasteiger partial charge on any atom is 0.335 e. The lowest BCUT2D eigenvalue weighted by Gasteiger charge is -2.38. The van der Waals surface area contributed by atoms with Gasteiger partial charge in [-0.3, -0.25) is 4.79 Å². The van der Waals surface area contributed by atoms with Crippen molar-refractivity contribution >= 4 is 22.8 Å². The van der Waals surface area contributed by atoms with Crippen molar-refractivity contribution in [1.82, 2.24) is 4.98 Å². The number of ether oxygens (including phenoxy) is 4. The van der Waals surface area contributed by atoms with Crippen LogP contribution in [0, 0.1) is 0 Å². The molecule has 0 amide bonds. The van der Waals surface area contributed by atoms with E-state index in [4.69, 9.17) is 29.1 Å². The predicted molar refractivity (Wildman–Crippen MR) is 166 cm³/mol. The van der Waals surface area contributed by atoms with E-state index in [-0.39, 0.29) is 34.3 Å². The Morgan fingerprint density at radius 2 is 1.70 bits per heavy atom. The summed E-state index contributed by atoms with van der Waals surface area (Å²) in [6.45, 7) is 0.403. The second-order valence-electron chi connectivity index (χ2n) is 11.7. The van der Waals surface area contributed by atoms with E-state index in [1.54, 1.807) is 30.3 Å². The number of fused-ring (bicyclic) bond motifs is 1. The second-order valence-corrected chi connectivity index (χ2v) is 11.7. The summed E-state index contributed by atoms with van der Waals surface area (Å²) in [6.07, 6.45) is -4.97. The third kappa shape index (κ3) is 6.86. The fraction of sp³-hybridized carbons (Fsp3) is 0.394. The van der Waals surface area contributed by atoms with E-state index >= 15 is 0 Å². The molecule has 1 aliphatic carbocycles. The number of carboxylic acids is 1. The van der Waals surface area contributed by atoms with E-state index < -0.39 is 47.9 Å². The molecule has 14 nitrogen and oxygen atoms in total. The largest absolute Gasteiger partial charge is 0.504 e. The molecule has 2 aromatic heterocycles. The Labute approximate surface area is 267 Å². The zero-order chi connectivity index (χ0) is 33.2. The maximum atomic E-state index is 13.4. The smallest absolute Gasteiger partial charge is 0.335 e. The number of nitrogens with one attached hydrogen (secondary N) is 1. The molecule has 6 rings (SSSR count). The number of carbonyl (C=O) groups is 1. The van der Waals surface area contributed by atoms with Crippen LogP contribution in [-0.4, -0.2) is 79.9 Å². The van der Waals surface area contributed by atoms with Crippen molar-refractivity contribution in [1.29, 1.82) is 0 Å². The molecule has 1 saturated heterocycles. The highest BCUT2D eigenvalue weighted by Gasteiger charge is 2.48. The number of hydrogen-bond donors (Lipinski definition) is 7. The van der Waals surface area contributed by atoms with Gasteiger partial charge < -0.3 is 59.6 Å². The normalized spacial score (nSPS) is 23.4. The predicted octanol–water partition coefficient (Wildman–Crippen LogP) is 2.68. The Morgan fingerprint density at radius 3 is 2.38 bits per heavy atom. The van der Waals surface area contributed by atoms with Gasteiger partial charge in [0.05, 0.1) is 12.7 Å². The maximum absolute atomic E-state index is 13.4. The lowest BCUT2D eigenvalue weighted by Crippen LogP contribution is -2.61. The molecule has 2 fully saturated rings. The van der Waals surface area contributed by atoms with Crippen LogP contribution in [0.5, 0.6) is 23.0 Å². The van der Waals surface area contributed by atoms with E-state index in [1.165, 1.54) is 12.1 Å². The van der Waals surface area contributed by atoms with Crippen LogP contribution in [-0.2, 0) is 16.0 Å². The van der Waals surface area contributed by atoms with Crippen LogP contribution in [0.1, 0.15) is 37.8 Å². The number of nitrogens with two attached hydrogens (primary N) is 1. The monoisotopic (exact) mass is 652 g/mol. The van der Waals surface area contributed by atoms with Crippen LogP contribution < -0.4 is 25.4 Å². The molecular formula is C33H36N2O12. The molecule has 4 aromatic rings. The fourth-order valence-electron chi connectivity index (χ4n) is 5.83. The van der Waals surface area contributed by atoms with Crippen LogP contribution in [0.3, 0.4) is 0 Å². The highest BCUT2D eigenvalue weighted by atomic mass is 16.7. The molecule has 14 heteroatoms. The van der Waals surface area contributed by atoms with E-state index in [0.717, 1.165) is 25.0 Å². The molecule has 1 aliphatic heterocycles. The number of anilines is 1. The van der Waals surface area contributed by atoms with Gasteiger partial charge >= 0.3 is 5.97 Å². The van der Waals surface area contributed by atoms with Gasteiger partial charge in [-0.05, 0) is 62.1 Å². The first-order valence-electron chi connectivity index (χ1n) is 15.3. The SMILES string of the molecule is Nc1ccc(CCOc2ccc(-c3cc(=O)c4c(O)c(OC5CCCCC5)c(OC5OC(C(=O)O)C(O)C(O)C5O)cc4o3)cc2)[nH]1. The van der Waals surface area contributed by atoms with Gasteiger partial charge in [0.25, 0.3) is 0 Å². The van der Waals surface area contributed by atoms with E-state index in [0.29, 0.717) is 43.0 Å². The summed E-state index contributed by atoms with van der Waals surface area (Å²) in [5.74, 6) is -1.28. The van der Waals surface area contributed by atoms with Gasteiger partial charge in [0.2, 0.25) is 12.0 Å². The van der Waals surface area contributed by atoms with Crippen molar-refractivity contribution in [2.45, 2.75) is 75.3 Å². The summed E-state index contributed by atoms with van der Waals surface area (Å²) in [7, 11) is 0. The van der Waals surface area contributed by atoms with E-state index in [2.05, 4.69) is 4.98 Å². The van der Waals surface area contributed by atoms with Crippen molar-refractivity contribution in [2.24, 2.45) is 0 Å². The van der Waals surface area contributed by atoms with Crippen molar-refractivity contribution in [2.75, 3.05) is 12.3 Å². The van der Waals surface area contributed by atoms with Gasteiger partial charge in [0.1, 0.15) is 46.6 Å². The molecule has 0 bridgehead atoms. The molecule has 250 valence electrons. The molecule has 0 spiro atoms. The minimum Gasteiger partial charge on any atom is -0.504 e. The fourth-order valence-corrected chi connectivity index (χ4v) is 5.83. The number of nitrogen functional groups attached to an aromatic ring is 1. The number of rotatable bonds is 10. The number of aliphatic hydroxyl groups is 3. The highest BCUT2D eigenvalue weighted by Crippen LogP contribution is 2.45. The number of aliphatic hydroxyl groups excluding tert-OH is 3. The van der Waals surface area contributed by atoms with E-state index in [1.807, 2.05) is 6.07 Å². The number of carboxylic acid groups (broad SMARTS) is 1. The highest BCUT2D eigenvalue weighted by molar-refractivity contribution is 5.89. The summed E-state index contributed by atoms with van der Waals surface area (Å²) in [5.41, 5.74) is 6.52. The molecule has 5 unspecified atom stereocenters. The first kappa shape index (κ1) is 32.2. The number of benzene rings is 2. The Morgan fingerprint density at radius 1 is 0.957 bits per heavy atom. The summed E-state index contributed by atoms with van der Waals surface area (Å²) in [6, 6.07) is 13.0. The average molecular weight is 653 g/mol. The van der Waals surface area contributed by atoms with Crippen LogP contribution in [0.25, 0.3) is 22.3 Å². The van der Waals surface area contributed by atoms with Crippen LogP contribution in [0.2, 0.25) is 0 Å². The first-order valence-corrected chi connectivity index (χ1v) is 15.3. The Hall–Kier alpha value is -4.76. The minimum absolute atomic E-state index is 0.0952.